The molecule has 0 amide bonds. The van der Waals surface area contributed by atoms with Crippen LogP contribution in [0.5, 0.6) is 0 Å². The highest BCUT2D eigenvalue weighted by Gasteiger charge is 2.38. The molecule has 0 aromatic heterocycles. The lowest BCUT2D eigenvalue weighted by Gasteiger charge is -2.33. The monoisotopic (exact) mass is 473 g/mol. The van der Waals surface area contributed by atoms with Crippen molar-refractivity contribution >= 4 is 21.7 Å². The molecule has 7 nitrogen and oxygen atoms in total. The molecule has 1 unspecified atom stereocenters. The molecule has 0 saturated heterocycles. The topological polar surface area (TPSA) is 102 Å². The highest BCUT2D eigenvalue weighted by atomic mass is 32.2. The smallest absolute Gasteiger partial charge is 0.416 e. The molecule has 0 bridgehead atoms. The molecule has 0 spiro atoms. The van der Waals surface area contributed by atoms with Crippen molar-refractivity contribution in [1.29, 1.82) is 0 Å². The maximum absolute atomic E-state index is 13.4. The molecule has 11 heteroatoms. The first-order valence-corrected chi connectivity index (χ1v) is 11.7. The minimum Gasteiger partial charge on any atom is -0.468 e. The minimum absolute atomic E-state index is 0.0530. The van der Waals surface area contributed by atoms with Crippen molar-refractivity contribution in [3.63, 3.8) is 0 Å². The van der Waals surface area contributed by atoms with E-state index < -0.39 is 38.7 Å². The van der Waals surface area contributed by atoms with E-state index in [0.29, 0.717) is 42.2 Å². The number of likely N-dealkylation sites (N-methyl/N-ethyl adjacent to an activating group) is 1. The molecule has 2 aliphatic carbocycles. The zero-order valence-corrected chi connectivity index (χ0v) is 18.7. The number of hydrogen-bond acceptors (Lipinski definition) is 6. The van der Waals surface area contributed by atoms with Gasteiger partial charge in [-0.1, -0.05) is 0 Å². The number of benzene rings is 1. The van der Waals surface area contributed by atoms with Gasteiger partial charge in [0.05, 0.1) is 23.6 Å². The second-order valence-electron chi connectivity index (χ2n) is 7.95. The summed E-state index contributed by atoms with van der Waals surface area (Å²) in [5.74, 6) is -0.601. The van der Waals surface area contributed by atoms with Gasteiger partial charge in [-0.3, -0.25) is 9.79 Å². The van der Waals surface area contributed by atoms with E-state index in [-0.39, 0.29) is 12.5 Å². The van der Waals surface area contributed by atoms with E-state index in [1.807, 2.05) is 0 Å². The van der Waals surface area contributed by atoms with Crippen molar-refractivity contribution in [2.24, 2.45) is 10.7 Å². The summed E-state index contributed by atoms with van der Waals surface area (Å²) < 4.78 is 72.7. The maximum Gasteiger partial charge on any atom is 0.416 e. The van der Waals surface area contributed by atoms with E-state index in [1.165, 1.54) is 26.4 Å². The standard InChI is InChI=1S/C21H26F3N3O4S/c1-27(19-5-3-4-18(17(19)11-25)26-12-20(28)31-2)32(29,30)16-9-14(13-6-7-13)8-15(10-16)21(22,23)24/h8-11,13,19H,3-7,12,25H2,1-2H3. The van der Waals surface area contributed by atoms with E-state index in [4.69, 9.17) is 5.73 Å². The highest BCUT2D eigenvalue weighted by Crippen LogP contribution is 2.43. The number of halogens is 3. The van der Waals surface area contributed by atoms with Crippen LogP contribution in [0.15, 0.2) is 39.9 Å². The molecule has 2 N–H and O–H groups in total. The van der Waals surface area contributed by atoms with Crippen LogP contribution in [0.25, 0.3) is 0 Å². The summed E-state index contributed by atoms with van der Waals surface area (Å²) >= 11 is 0. The number of nitrogens with zero attached hydrogens (tertiary/aromatic N) is 2. The number of esters is 1. The van der Waals surface area contributed by atoms with E-state index in [2.05, 4.69) is 9.73 Å². The quantitative estimate of drug-likeness (QED) is 0.640. The third-order valence-corrected chi connectivity index (χ3v) is 7.65. The molecule has 1 aromatic carbocycles. The van der Waals surface area contributed by atoms with Gasteiger partial charge in [0.15, 0.2) is 0 Å². The van der Waals surface area contributed by atoms with Gasteiger partial charge in [-0.2, -0.15) is 17.5 Å². The van der Waals surface area contributed by atoms with Crippen molar-refractivity contribution in [3.8, 4) is 0 Å². The Labute approximate surface area is 185 Å². The van der Waals surface area contributed by atoms with Crippen LogP contribution >= 0.6 is 0 Å². The molecule has 0 aliphatic heterocycles. The van der Waals surface area contributed by atoms with E-state index in [9.17, 15) is 26.4 Å². The van der Waals surface area contributed by atoms with Gasteiger partial charge in [0.2, 0.25) is 10.0 Å². The molecule has 32 heavy (non-hydrogen) atoms. The van der Waals surface area contributed by atoms with Gasteiger partial charge in [-0.25, -0.2) is 8.42 Å². The second kappa shape index (κ2) is 9.22. The highest BCUT2D eigenvalue weighted by molar-refractivity contribution is 7.89. The molecule has 1 aromatic rings. The third kappa shape index (κ3) is 5.15. The Balaban J connectivity index is 1.96. The number of rotatable bonds is 6. The van der Waals surface area contributed by atoms with Crippen LogP contribution in [0.4, 0.5) is 13.2 Å². The summed E-state index contributed by atoms with van der Waals surface area (Å²) in [5.41, 5.74) is 6.08. The Kier molecular flexibility index (Phi) is 6.99. The first-order chi connectivity index (χ1) is 15.0. The van der Waals surface area contributed by atoms with E-state index >= 15 is 0 Å². The minimum atomic E-state index is -4.66. The molecule has 2 saturated carbocycles. The molecule has 176 valence electrons. The average molecular weight is 474 g/mol. The van der Waals surface area contributed by atoms with Gasteiger partial charge in [0, 0.05) is 24.5 Å². The third-order valence-electron chi connectivity index (χ3n) is 5.81. The number of hydrogen-bond donors (Lipinski definition) is 1. The first kappa shape index (κ1) is 24.2. The fourth-order valence-electron chi connectivity index (χ4n) is 3.86. The second-order valence-corrected chi connectivity index (χ2v) is 9.95. The predicted molar refractivity (Wildman–Crippen MR) is 113 cm³/mol. The van der Waals surface area contributed by atoms with Gasteiger partial charge >= 0.3 is 12.1 Å². The number of ether oxygens (including phenoxy) is 1. The molecular formula is C21H26F3N3O4S. The fourth-order valence-corrected chi connectivity index (χ4v) is 5.30. The zero-order chi connectivity index (χ0) is 23.7. The van der Waals surface area contributed by atoms with E-state index in [1.54, 1.807) is 0 Å². The van der Waals surface area contributed by atoms with E-state index in [0.717, 1.165) is 23.2 Å². The molecule has 0 heterocycles. The Morgan fingerprint density at radius 3 is 2.53 bits per heavy atom. The van der Waals surface area contributed by atoms with Crippen LogP contribution in [-0.2, 0) is 25.7 Å². The molecular weight excluding hydrogens is 447 g/mol. The SMILES string of the molecule is COC(=O)CN=C1CCCC(N(C)S(=O)(=O)c2cc(C3CC3)cc(C(F)(F)F)c2)C1=CN. The summed E-state index contributed by atoms with van der Waals surface area (Å²) in [4.78, 5) is 15.2. The van der Waals surface area contributed by atoms with Crippen molar-refractivity contribution in [2.45, 2.75) is 55.1 Å². The number of nitrogens with two attached hydrogens (primary N) is 1. The van der Waals surface area contributed by atoms with Crippen LogP contribution in [-0.4, -0.2) is 51.1 Å². The maximum atomic E-state index is 13.4. The van der Waals surface area contributed by atoms with Gasteiger partial charge < -0.3 is 10.5 Å². The van der Waals surface area contributed by atoms with Gasteiger partial charge in [0.25, 0.3) is 0 Å². The fraction of sp³-hybridized carbons (Fsp3) is 0.524. The Hall–Kier alpha value is -2.40. The van der Waals surface area contributed by atoms with Gasteiger partial charge in [0.1, 0.15) is 6.54 Å². The largest absolute Gasteiger partial charge is 0.468 e. The summed E-state index contributed by atoms with van der Waals surface area (Å²) in [6.07, 6.45) is -0.441. The molecule has 0 radical (unpaired) electrons. The number of alkyl halides is 3. The first-order valence-electron chi connectivity index (χ1n) is 10.2. The molecule has 3 rings (SSSR count). The zero-order valence-electron chi connectivity index (χ0n) is 17.9. The van der Waals surface area contributed by atoms with Crippen molar-refractivity contribution in [2.75, 3.05) is 20.7 Å². The average Bonchev–Trinajstić information content (AvgIpc) is 3.61. The predicted octanol–water partition coefficient (Wildman–Crippen LogP) is 3.21. The molecule has 1 atom stereocenters. The Bertz CT molecular complexity index is 1050. The number of carbonyl (C=O) groups excluding carboxylic acids is 1. The number of methoxy groups -OCH3 is 1. The van der Waals surface area contributed by atoms with Gasteiger partial charge in [-0.15, -0.1) is 0 Å². The van der Waals surface area contributed by atoms with Crippen molar-refractivity contribution in [1.82, 2.24) is 4.31 Å². The Morgan fingerprint density at radius 1 is 1.28 bits per heavy atom. The van der Waals surface area contributed by atoms with Crippen LogP contribution < -0.4 is 5.73 Å². The van der Waals surface area contributed by atoms with Crippen molar-refractivity contribution < 1.29 is 31.1 Å². The lowest BCUT2D eigenvalue weighted by atomic mass is 9.88. The number of carbonyl (C=O) groups is 1. The van der Waals surface area contributed by atoms with Crippen LogP contribution in [0.3, 0.4) is 0 Å². The van der Waals surface area contributed by atoms with Crippen LogP contribution in [0.1, 0.15) is 49.1 Å². The Morgan fingerprint density at radius 2 is 1.97 bits per heavy atom. The van der Waals surface area contributed by atoms with Crippen LogP contribution in [0, 0.1) is 0 Å². The number of aliphatic imine (C=N–C) groups is 1. The van der Waals surface area contributed by atoms with Crippen molar-refractivity contribution in [3.05, 3.63) is 41.1 Å². The molecule has 2 fully saturated rings. The number of sulfonamides is 1. The van der Waals surface area contributed by atoms with Gasteiger partial charge in [-0.05, 0) is 61.8 Å². The lowest BCUT2D eigenvalue weighted by Crippen LogP contribution is -2.42. The normalized spacial score (nSPS) is 22.5. The summed E-state index contributed by atoms with van der Waals surface area (Å²) in [6, 6.07) is 2.33. The summed E-state index contributed by atoms with van der Waals surface area (Å²) in [6.45, 7) is -0.231. The molecule has 2 aliphatic rings. The summed E-state index contributed by atoms with van der Waals surface area (Å²) in [5, 5.41) is 0. The lowest BCUT2D eigenvalue weighted by molar-refractivity contribution is -0.139. The summed E-state index contributed by atoms with van der Waals surface area (Å²) in [7, 11) is -1.71. The van der Waals surface area contributed by atoms with Crippen LogP contribution in [0.2, 0.25) is 0 Å².